The van der Waals surface area contributed by atoms with Crippen molar-refractivity contribution in [2.45, 2.75) is 0 Å². The van der Waals surface area contributed by atoms with Gasteiger partial charge in [0, 0.05) is 0 Å². The minimum absolute atomic E-state index is 0. The maximum absolute atomic E-state index is 7.56. The van der Waals surface area contributed by atoms with Gasteiger partial charge in [-0.2, -0.15) is 0 Å². The van der Waals surface area contributed by atoms with Crippen LogP contribution in [-0.4, -0.2) is 37.6 Å². The molecule has 0 aliphatic heterocycles. The van der Waals surface area contributed by atoms with Crippen LogP contribution in [-0.2, 0) is 0 Å². The molecular weight excluding hydrogens is 281 g/mol. The second kappa shape index (κ2) is 4.61. The first-order chi connectivity index (χ1) is 1.73. The molecule has 0 aromatic rings. The van der Waals surface area contributed by atoms with Crippen LogP contribution in [0.15, 0.2) is 0 Å². The number of nitrogens with two attached hydrogens (primary N) is 1. The third-order valence-electron chi connectivity index (χ3n) is 0. The van der Waals surface area contributed by atoms with Crippen LogP contribution in [0.1, 0.15) is 0 Å². The summed E-state index contributed by atoms with van der Waals surface area (Å²) in [5.74, 6) is 0. The number of hydrogen-bond acceptors (Lipinski definition) is 1. The van der Waals surface area contributed by atoms with Crippen LogP contribution in [0.2, 0.25) is 0 Å². The Labute approximate surface area is 55.5 Å². The van der Waals surface area contributed by atoms with E-state index in [1.54, 1.807) is 0 Å². The van der Waals surface area contributed by atoms with Gasteiger partial charge in [0.15, 0.2) is 0 Å². The summed E-state index contributed by atoms with van der Waals surface area (Å²) in [6.45, 7) is 0. The van der Waals surface area contributed by atoms with Crippen LogP contribution in [0.3, 0.4) is 0 Å². The summed E-state index contributed by atoms with van der Waals surface area (Å²) in [5, 5.41) is 7.06. The minimum atomic E-state index is -0.500. The molecule has 0 heterocycles. The van der Waals surface area contributed by atoms with E-state index in [9.17, 15) is 0 Å². The molecule has 0 aliphatic rings. The molecule has 0 atom stereocenters. The Morgan fingerprint density at radius 2 is 1.80 bits per heavy atom. The first-order valence-electron chi connectivity index (χ1n) is 0.716. The van der Waals surface area contributed by atoms with Gasteiger partial charge in [-0.3, -0.25) is 0 Å². The molecule has 0 spiro atoms. The molecule has 2 nitrogen and oxygen atoms in total. The topological polar surface area (TPSA) is 46.2 Å². The van der Waals surface area contributed by atoms with Crippen LogP contribution in [0.25, 0.3) is 0 Å². The van der Waals surface area contributed by atoms with Crippen molar-refractivity contribution >= 4 is 44.7 Å². The summed E-state index contributed by atoms with van der Waals surface area (Å²) >= 11 is 3.87. The molecule has 2 radical (unpaired) electrons. The fraction of sp³-hybridized carbons (Fsp3) is 0. The molecule has 0 fully saturated rings. The van der Waals surface area contributed by atoms with E-state index in [0.29, 0.717) is 0 Å². The predicted octanol–water partition coefficient (Wildman–Crippen LogP) is -1.13. The SMILES string of the molecule is NC(O)=S.[PbH2]. The normalized spacial score (nSPS) is 4.80. The third kappa shape index (κ3) is 84.0. The van der Waals surface area contributed by atoms with Crippen LogP contribution < -0.4 is 5.73 Å². The van der Waals surface area contributed by atoms with E-state index in [-0.39, 0.29) is 27.3 Å². The average Bonchev–Trinajstić information content (AvgIpc) is 0.811. The molecule has 0 unspecified atom stereocenters. The molecular formula is CH5NOPbS. The first-order valence-corrected chi connectivity index (χ1v) is 1.12. The molecule has 30 valence electrons. The standard InChI is InChI=1S/CH3NOS.Pb.2H/c2-1(3)4;;;/h(H3,2,3,4);;;. The van der Waals surface area contributed by atoms with Crippen molar-refractivity contribution in [1.82, 2.24) is 0 Å². The van der Waals surface area contributed by atoms with Crippen molar-refractivity contribution in [2.24, 2.45) is 5.73 Å². The maximum atomic E-state index is 7.56. The molecule has 0 amide bonds. The first kappa shape index (κ1) is 9.15. The van der Waals surface area contributed by atoms with E-state index in [2.05, 4.69) is 18.0 Å². The van der Waals surface area contributed by atoms with Gasteiger partial charge in [0.1, 0.15) is 0 Å². The van der Waals surface area contributed by atoms with E-state index in [1.165, 1.54) is 0 Å². The molecule has 0 saturated heterocycles. The molecule has 0 bridgehead atoms. The molecule has 4 heteroatoms. The summed E-state index contributed by atoms with van der Waals surface area (Å²) in [7, 11) is 0. The van der Waals surface area contributed by atoms with Crippen molar-refractivity contribution in [2.75, 3.05) is 0 Å². The van der Waals surface area contributed by atoms with Gasteiger partial charge in [-0.15, -0.1) is 0 Å². The Hall–Kier alpha value is 0.612. The van der Waals surface area contributed by atoms with Crippen LogP contribution in [0, 0.1) is 0 Å². The monoisotopic (exact) mass is 287 g/mol. The number of thiocarbonyl (C=S) groups is 1. The Bertz CT molecular complexity index is 34.6. The van der Waals surface area contributed by atoms with Gasteiger partial charge in [0.25, 0.3) is 5.17 Å². The summed E-state index contributed by atoms with van der Waals surface area (Å²) in [5.41, 5.74) is 4.40. The Morgan fingerprint density at radius 3 is 1.80 bits per heavy atom. The number of aliphatic hydroxyl groups excluding tert-OH is 1. The fourth-order valence-electron chi connectivity index (χ4n) is 0. The zero-order valence-electron chi connectivity index (χ0n) is 2.64. The zero-order chi connectivity index (χ0) is 3.58. The van der Waals surface area contributed by atoms with Crippen molar-refractivity contribution < 1.29 is 5.11 Å². The van der Waals surface area contributed by atoms with E-state index in [4.69, 9.17) is 5.11 Å². The summed E-state index contributed by atoms with van der Waals surface area (Å²) in [6, 6.07) is 0. The van der Waals surface area contributed by atoms with Crippen molar-refractivity contribution in [1.29, 1.82) is 0 Å². The molecule has 5 heavy (non-hydrogen) atoms. The second-order valence-corrected chi connectivity index (χ2v) is 0.757. The van der Waals surface area contributed by atoms with Gasteiger partial charge in [0.2, 0.25) is 0 Å². The summed E-state index contributed by atoms with van der Waals surface area (Å²) in [6.07, 6.45) is 0. The fourth-order valence-corrected chi connectivity index (χ4v) is 0. The summed E-state index contributed by atoms with van der Waals surface area (Å²) in [4.78, 5) is 0. The molecule has 0 aliphatic carbocycles. The van der Waals surface area contributed by atoms with E-state index in [1.807, 2.05) is 0 Å². The number of hydrogen-bond donors (Lipinski definition) is 2. The van der Waals surface area contributed by atoms with E-state index in [0.717, 1.165) is 0 Å². The average molecular weight is 286 g/mol. The Balaban J connectivity index is 0. The van der Waals surface area contributed by atoms with Crippen molar-refractivity contribution in [3.05, 3.63) is 0 Å². The zero-order valence-corrected chi connectivity index (χ0v) is 8.95. The summed E-state index contributed by atoms with van der Waals surface area (Å²) < 4.78 is 0. The Morgan fingerprint density at radius 1 is 1.80 bits per heavy atom. The Kier molecular flexibility index (Phi) is 8.44. The number of rotatable bonds is 0. The van der Waals surface area contributed by atoms with Gasteiger partial charge in [-0.05, 0) is 12.2 Å². The molecule has 0 aromatic carbocycles. The predicted molar refractivity (Wildman–Crippen MR) is 28.0 cm³/mol. The molecule has 0 aromatic heterocycles. The molecule has 0 saturated carbocycles. The van der Waals surface area contributed by atoms with E-state index < -0.39 is 5.17 Å². The second-order valence-electron chi connectivity index (χ2n) is 0.338. The van der Waals surface area contributed by atoms with Crippen molar-refractivity contribution in [3.8, 4) is 0 Å². The quantitative estimate of drug-likeness (QED) is 0.438. The van der Waals surface area contributed by atoms with Gasteiger partial charge < -0.3 is 10.8 Å². The van der Waals surface area contributed by atoms with Gasteiger partial charge in [-0.25, -0.2) is 0 Å². The third-order valence-corrected chi connectivity index (χ3v) is 0. The van der Waals surface area contributed by atoms with Gasteiger partial charge in [-0.1, -0.05) is 0 Å². The van der Waals surface area contributed by atoms with Gasteiger partial charge in [0.05, 0.1) is 0 Å². The van der Waals surface area contributed by atoms with Crippen molar-refractivity contribution in [3.63, 3.8) is 0 Å². The van der Waals surface area contributed by atoms with Gasteiger partial charge >= 0.3 is 27.3 Å². The molecule has 0 rings (SSSR count). The van der Waals surface area contributed by atoms with Crippen LogP contribution in [0.4, 0.5) is 0 Å². The number of aliphatic hydroxyl groups is 1. The molecule has 3 N–H and O–H groups in total. The van der Waals surface area contributed by atoms with E-state index >= 15 is 0 Å². The van der Waals surface area contributed by atoms with Crippen LogP contribution in [0.5, 0.6) is 0 Å². The van der Waals surface area contributed by atoms with Crippen LogP contribution >= 0.6 is 12.2 Å².